The van der Waals surface area contributed by atoms with Gasteiger partial charge in [-0.2, -0.15) is 13.2 Å². The molecule has 2 unspecified atom stereocenters. The van der Waals surface area contributed by atoms with Crippen LogP contribution in [0, 0.1) is 11.3 Å². The monoisotopic (exact) mass is 238 g/mol. The van der Waals surface area contributed by atoms with Crippen molar-refractivity contribution in [1.29, 1.82) is 0 Å². The van der Waals surface area contributed by atoms with Gasteiger partial charge in [0.05, 0.1) is 11.8 Å². The Balaban J connectivity index is 3.25. The molecule has 1 aliphatic carbocycles. The molecule has 0 aromatic heterocycles. The van der Waals surface area contributed by atoms with Gasteiger partial charge >= 0.3 is 12.1 Å². The molecular formula is C9H9F3O4. The molecule has 1 saturated carbocycles. The van der Waals surface area contributed by atoms with E-state index in [2.05, 4.69) is 0 Å². The van der Waals surface area contributed by atoms with Gasteiger partial charge in [0.25, 0.3) is 0 Å². The molecule has 0 spiro atoms. The van der Waals surface area contributed by atoms with Crippen molar-refractivity contribution < 1.29 is 32.7 Å². The Hall–Kier alpha value is -1.40. The average Bonchev–Trinajstić information content (AvgIpc) is 1.97. The fourth-order valence-corrected chi connectivity index (χ4v) is 1.90. The van der Waals surface area contributed by atoms with E-state index in [1.165, 1.54) is 0 Å². The van der Waals surface area contributed by atoms with E-state index in [0.717, 1.165) is 0 Å². The summed E-state index contributed by atoms with van der Waals surface area (Å²) in [6.07, 6.45) is -6.59. The number of hydrogen-bond acceptors (Lipinski definition) is 3. The minimum Gasteiger partial charge on any atom is -0.481 e. The zero-order chi connectivity index (χ0) is 12.7. The lowest BCUT2D eigenvalue weighted by molar-refractivity contribution is -0.241. The van der Waals surface area contributed by atoms with Gasteiger partial charge in [-0.3, -0.25) is 14.4 Å². The molecule has 0 heterocycles. The van der Waals surface area contributed by atoms with Gasteiger partial charge in [-0.25, -0.2) is 0 Å². The number of hydrogen-bond donors (Lipinski definition) is 1. The summed E-state index contributed by atoms with van der Waals surface area (Å²) in [5.41, 5.74) is -2.80. The first-order chi connectivity index (χ1) is 7.09. The predicted molar refractivity (Wildman–Crippen MR) is 44.5 cm³/mol. The number of Topliss-reactive ketones (excluding diaryl/α,β-unsaturated/α-hetero) is 2. The fourth-order valence-electron chi connectivity index (χ4n) is 1.90. The van der Waals surface area contributed by atoms with Crippen molar-refractivity contribution in [3.63, 3.8) is 0 Å². The van der Waals surface area contributed by atoms with Crippen LogP contribution in [-0.4, -0.2) is 28.8 Å². The van der Waals surface area contributed by atoms with E-state index in [-0.39, 0.29) is 0 Å². The molecule has 1 aliphatic rings. The molecular weight excluding hydrogens is 229 g/mol. The fraction of sp³-hybridized carbons (Fsp3) is 0.667. The number of alkyl halides is 3. The van der Waals surface area contributed by atoms with Gasteiger partial charge in [-0.05, 0) is 6.92 Å². The highest BCUT2D eigenvalue weighted by atomic mass is 19.4. The molecule has 7 heteroatoms. The molecule has 1 fully saturated rings. The minimum absolute atomic E-state index is 0.598. The summed E-state index contributed by atoms with van der Waals surface area (Å²) < 4.78 is 38.1. The molecule has 0 radical (unpaired) electrons. The highest BCUT2D eigenvalue weighted by Gasteiger charge is 2.63. The lowest BCUT2D eigenvalue weighted by Gasteiger charge is -2.38. The van der Waals surface area contributed by atoms with Crippen molar-refractivity contribution in [2.75, 3.05) is 0 Å². The maximum absolute atomic E-state index is 12.7. The van der Waals surface area contributed by atoms with E-state index in [1.807, 2.05) is 0 Å². The quantitative estimate of drug-likeness (QED) is 0.696. The molecule has 0 aromatic rings. The van der Waals surface area contributed by atoms with Crippen molar-refractivity contribution in [3.8, 4) is 0 Å². The van der Waals surface area contributed by atoms with Crippen molar-refractivity contribution in [3.05, 3.63) is 0 Å². The summed E-state index contributed by atoms with van der Waals surface area (Å²) in [5, 5.41) is 8.66. The second kappa shape index (κ2) is 3.57. The van der Waals surface area contributed by atoms with Crippen LogP contribution in [0.5, 0.6) is 0 Å². The number of carbonyl (C=O) groups is 3. The number of carboxylic acids is 1. The van der Waals surface area contributed by atoms with E-state index in [0.29, 0.717) is 6.92 Å². The van der Waals surface area contributed by atoms with Gasteiger partial charge < -0.3 is 5.11 Å². The van der Waals surface area contributed by atoms with Crippen molar-refractivity contribution >= 4 is 17.5 Å². The first-order valence-electron chi connectivity index (χ1n) is 4.43. The lowest BCUT2D eigenvalue weighted by atomic mass is 9.66. The molecule has 2 atom stereocenters. The van der Waals surface area contributed by atoms with Crippen LogP contribution < -0.4 is 0 Å². The van der Waals surface area contributed by atoms with Crippen LogP contribution in [0.4, 0.5) is 13.2 Å². The van der Waals surface area contributed by atoms with Crippen LogP contribution in [0.2, 0.25) is 0 Å². The summed E-state index contributed by atoms with van der Waals surface area (Å²) in [4.78, 5) is 32.9. The van der Waals surface area contributed by atoms with Crippen LogP contribution >= 0.6 is 0 Å². The van der Waals surface area contributed by atoms with E-state index in [9.17, 15) is 27.6 Å². The van der Waals surface area contributed by atoms with Crippen molar-refractivity contribution in [2.45, 2.75) is 25.9 Å². The van der Waals surface area contributed by atoms with Gasteiger partial charge in [-0.15, -0.1) is 0 Å². The van der Waals surface area contributed by atoms with Crippen LogP contribution in [0.3, 0.4) is 0 Å². The lowest BCUT2D eigenvalue weighted by Crippen LogP contribution is -2.53. The third-order valence-corrected chi connectivity index (χ3v) is 2.79. The van der Waals surface area contributed by atoms with Crippen LogP contribution in [0.1, 0.15) is 19.8 Å². The zero-order valence-corrected chi connectivity index (χ0v) is 8.30. The maximum Gasteiger partial charge on any atom is 0.395 e. The molecule has 4 nitrogen and oxygen atoms in total. The molecule has 1 N–H and O–H groups in total. The first-order valence-corrected chi connectivity index (χ1v) is 4.43. The number of carbonyl (C=O) groups excluding carboxylic acids is 2. The Bertz CT molecular complexity index is 360. The zero-order valence-electron chi connectivity index (χ0n) is 8.30. The molecule has 0 aromatic carbocycles. The number of halogens is 3. The summed E-state index contributed by atoms with van der Waals surface area (Å²) in [5.74, 6) is -6.08. The van der Waals surface area contributed by atoms with Crippen molar-refractivity contribution in [1.82, 2.24) is 0 Å². The third-order valence-electron chi connectivity index (χ3n) is 2.79. The van der Waals surface area contributed by atoms with Gasteiger partial charge in [0.2, 0.25) is 0 Å². The molecule has 90 valence electrons. The Morgan fingerprint density at radius 3 is 2.31 bits per heavy atom. The second-order valence-corrected chi connectivity index (χ2v) is 4.05. The number of carboxylic acid groups (broad SMARTS) is 1. The van der Waals surface area contributed by atoms with Crippen LogP contribution in [0.25, 0.3) is 0 Å². The number of aliphatic carboxylic acids is 1. The molecule has 0 bridgehead atoms. The van der Waals surface area contributed by atoms with Crippen LogP contribution in [-0.2, 0) is 14.4 Å². The van der Waals surface area contributed by atoms with Gasteiger partial charge in [0, 0.05) is 6.42 Å². The first kappa shape index (κ1) is 12.7. The van der Waals surface area contributed by atoms with Crippen LogP contribution in [0.15, 0.2) is 0 Å². The molecule has 0 saturated heterocycles. The van der Waals surface area contributed by atoms with Gasteiger partial charge in [-0.1, -0.05) is 0 Å². The topological polar surface area (TPSA) is 71.4 Å². The number of rotatable bonds is 1. The summed E-state index contributed by atoms with van der Waals surface area (Å²) in [7, 11) is 0. The normalized spacial score (nSPS) is 31.6. The van der Waals surface area contributed by atoms with Gasteiger partial charge in [0.15, 0.2) is 5.78 Å². The standard InChI is InChI=1S/C9H9F3O4/c1-8(9(10,11)12)3-4(13)2-5(14)6(8)7(15)16/h6H,2-3H2,1H3,(H,15,16). The average molecular weight is 238 g/mol. The van der Waals surface area contributed by atoms with Gasteiger partial charge in [0.1, 0.15) is 11.7 Å². The second-order valence-electron chi connectivity index (χ2n) is 4.05. The van der Waals surface area contributed by atoms with E-state index in [4.69, 9.17) is 5.11 Å². The SMILES string of the molecule is CC1(C(F)(F)F)CC(=O)CC(=O)C1C(=O)O. The molecule has 1 rings (SSSR count). The largest absolute Gasteiger partial charge is 0.481 e. The Labute approximate surface area is 88.4 Å². The summed E-state index contributed by atoms with van der Waals surface area (Å²) in [6.45, 7) is 0.598. The number of ketones is 2. The summed E-state index contributed by atoms with van der Waals surface area (Å²) in [6, 6.07) is 0. The summed E-state index contributed by atoms with van der Waals surface area (Å²) >= 11 is 0. The Kier molecular flexibility index (Phi) is 2.82. The molecule has 0 aliphatic heterocycles. The molecule has 16 heavy (non-hydrogen) atoms. The van der Waals surface area contributed by atoms with Crippen molar-refractivity contribution in [2.24, 2.45) is 11.3 Å². The van der Waals surface area contributed by atoms with E-state index < -0.39 is 47.9 Å². The van der Waals surface area contributed by atoms with E-state index >= 15 is 0 Å². The third kappa shape index (κ3) is 1.81. The predicted octanol–water partition coefficient (Wildman–Crippen LogP) is 1.19. The maximum atomic E-state index is 12.7. The Morgan fingerprint density at radius 1 is 1.44 bits per heavy atom. The highest BCUT2D eigenvalue weighted by molar-refractivity contribution is 6.10. The minimum atomic E-state index is -4.90. The highest BCUT2D eigenvalue weighted by Crippen LogP contribution is 2.49. The molecule has 0 amide bonds. The van der Waals surface area contributed by atoms with E-state index in [1.54, 1.807) is 0 Å². The Morgan fingerprint density at radius 2 is 1.94 bits per heavy atom. The smallest absolute Gasteiger partial charge is 0.395 e.